The van der Waals surface area contributed by atoms with E-state index >= 15 is 0 Å². The molecule has 0 saturated heterocycles. The molecule has 20 heavy (non-hydrogen) atoms. The minimum absolute atomic E-state index is 0.0781. The summed E-state index contributed by atoms with van der Waals surface area (Å²) in [7, 11) is 1.96. The quantitative estimate of drug-likeness (QED) is 0.751. The van der Waals surface area contributed by atoms with E-state index in [0.29, 0.717) is 5.56 Å². The van der Waals surface area contributed by atoms with Crippen LogP contribution < -0.4 is 5.32 Å². The molecule has 0 unspecified atom stereocenters. The number of amides is 1. The minimum Gasteiger partial charge on any atom is -0.350 e. The van der Waals surface area contributed by atoms with E-state index in [1.54, 1.807) is 0 Å². The van der Waals surface area contributed by atoms with Crippen molar-refractivity contribution in [3.8, 4) is 0 Å². The first kappa shape index (κ1) is 12.5. The van der Waals surface area contributed by atoms with Gasteiger partial charge in [0.2, 0.25) is 0 Å². The standard InChI is InChI=1S/C17H16N2O/c1-12-8-9-14-15(11-19(2)16(14)10-12)17(20)18-13-6-4-3-5-7-13/h3-11H,1-2H3,(H,18,20). The molecule has 1 aromatic heterocycles. The van der Waals surface area contributed by atoms with Crippen LogP contribution in [0.1, 0.15) is 15.9 Å². The topological polar surface area (TPSA) is 34.0 Å². The number of aryl methyl sites for hydroxylation is 2. The number of aromatic nitrogens is 1. The predicted molar refractivity (Wildman–Crippen MR) is 82.1 cm³/mol. The van der Waals surface area contributed by atoms with E-state index in [2.05, 4.69) is 18.3 Å². The lowest BCUT2D eigenvalue weighted by molar-refractivity contribution is 0.102. The first-order valence-corrected chi connectivity index (χ1v) is 6.57. The minimum atomic E-state index is -0.0781. The van der Waals surface area contributed by atoms with E-state index in [4.69, 9.17) is 0 Å². The maximum absolute atomic E-state index is 12.4. The van der Waals surface area contributed by atoms with Gasteiger partial charge >= 0.3 is 0 Å². The van der Waals surface area contributed by atoms with Crippen LogP contribution in [-0.4, -0.2) is 10.5 Å². The molecule has 0 aliphatic heterocycles. The van der Waals surface area contributed by atoms with Gasteiger partial charge in [0.25, 0.3) is 5.91 Å². The van der Waals surface area contributed by atoms with Crippen LogP contribution in [-0.2, 0) is 7.05 Å². The maximum Gasteiger partial charge on any atom is 0.257 e. The Labute approximate surface area is 117 Å². The Balaban J connectivity index is 2.00. The number of hydrogen-bond acceptors (Lipinski definition) is 1. The van der Waals surface area contributed by atoms with E-state index in [1.807, 2.05) is 60.3 Å². The summed E-state index contributed by atoms with van der Waals surface area (Å²) in [6.45, 7) is 2.05. The van der Waals surface area contributed by atoms with Crippen LogP contribution in [0.2, 0.25) is 0 Å². The number of benzene rings is 2. The molecule has 3 heteroatoms. The molecule has 3 rings (SSSR count). The zero-order chi connectivity index (χ0) is 14.1. The van der Waals surface area contributed by atoms with Gasteiger partial charge < -0.3 is 9.88 Å². The van der Waals surface area contributed by atoms with Crippen LogP contribution in [0.15, 0.2) is 54.7 Å². The third-order valence-electron chi connectivity index (χ3n) is 3.42. The van der Waals surface area contributed by atoms with E-state index in [-0.39, 0.29) is 5.91 Å². The fraction of sp³-hybridized carbons (Fsp3) is 0.118. The van der Waals surface area contributed by atoms with Gasteiger partial charge in [0, 0.05) is 29.8 Å². The molecule has 2 aromatic carbocycles. The van der Waals surface area contributed by atoms with Crippen LogP contribution >= 0.6 is 0 Å². The second-order valence-corrected chi connectivity index (χ2v) is 4.99. The zero-order valence-corrected chi connectivity index (χ0v) is 11.6. The van der Waals surface area contributed by atoms with Gasteiger partial charge in [-0.3, -0.25) is 4.79 Å². The monoisotopic (exact) mass is 264 g/mol. The smallest absolute Gasteiger partial charge is 0.257 e. The molecule has 0 aliphatic carbocycles. The molecule has 3 nitrogen and oxygen atoms in total. The molecule has 0 bridgehead atoms. The Morgan fingerprint density at radius 2 is 1.85 bits per heavy atom. The number of nitrogens with one attached hydrogen (secondary N) is 1. The number of fused-ring (bicyclic) bond motifs is 1. The van der Waals surface area contributed by atoms with E-state index in [0.717, 1.165) is 16.6 Å². The first-order chi connectivity index (χ1) is 9.65. The molecule has 0 spiro atoms. The van der Waals surface area contributed by atoms with Crippen LogP contribution in [0.5, 0.6) is 0 Å². The molecule has 1 heterocycles. The molecule has 0 fully saturated rings. The molecular formula is C17H16N2O. The Morgan fingerprint density at radius 3 is 2.60 bits per heavy atom. The molecule has 3 aromatic rings. The SMILES string of the molecule is Cc1ccc2c(C(=O)Nc3ccccc3)cn(C)c2c1. The van der Waals surface area contributed by atoms with Gasteiger partial charge in [0.15, 0.2) is 0 Å². The second-order valence-electron chi connectivity index (χ2n) is 4.99. The number of rotatable bonds is 2. The van der Waals surface area contributed by atoms with Gasteiger partial charge in [-0.25, -0.2) is 0 Å². The third kappa shape index (κ3) is 2.18. The summed E-state index contributed by atoms with van der Waals surface area (Å²) >= 11 is 0. The molecule has 0 atom stereocenters. The highest BCUT2D eigenvalue weighted by molar-refractivity contribution is 6.13. The molecule has 1 N–H and O–H groups in total. The molecule has 1 amide bonds. The summed E-state index contributed by atoms with van der Waals surface area (Å²) in [6.07, 6.45) is 1.88. The van der Waals surface area contributed by atoms with Crippen molar-refractivity contribution >= 4 is 22.5 Å². The van der Waals surface area contributed by atoms with Crippen LogP contribution in [0.3, 0.4) is 0 Å². The van der Waals surface area contributed by atoms with Crippen molar-refractivity contribution in [1.82, 2.24) is 4.57 Å². The van der Waals surface area contributed by atoms with Gasteiger partial charge in [-0.05, 0) is 30.7 Å². The lowest BCUT2D eigenvalue weighted by Crippen LogP contribution is -2.11. The van der Waals surface area contributed by atoms with Gasteiger partial charge in [0.1, 0.15) is 0 Å². The summed E-state index contributed by atoms with van der Waals surface area (Å²) < 4.78 is 1.99. The fourth-order valence-corrected chi connectivity index (χ4v) is 2.39. The van der Waals surface area contributed by atoms with E-state index < -0.39 is 0 Å². The highest BCUT2D eigenvalue weighted by Gasteiger charge is 2.13. The molecular weight excluding hydrogens is 248 g/mol. The van der Waals surface area contributed by atoms with E-state index in [9.17, 15) is 4.79 Å². The summed E-state index contributed by atoms with van der Waals surface area (Å²) in [4.78, 5) is 12.4. The second kappa shape index (κ2) is 4.85. The van der Waals surface area contributed by atoms with Gasteiger partial charge in [-0.2, -0.15) is 0 Å². The van der Waals surface area contributed by atoms with Crippen molar-refractivity contribution in [3.63, 3.8) is 0 Å². The molecule has 100 valence electrons. The first-order valence-electron chi connectivity index (χ1n) is 6.57. The summed E-state index contributed by atoms with van der Waals surface area (Å²) in [5.74, 6) is -0.0781. The van der Waals surface area contributed by atoms with Crippen LogP contribution in [0, 0.1) is 6.92 Å². The van der Waals surface area contributed by atoms with Crippen LogP contribution in [0.25, 0.3) is 10.9 Å². The Bertz CT molecular complexity index is 772. The van der Waals surface area contributed by atoms with Crippen molar-refractivity contribution in [1.29, 1.82) is 0 Å². The van der Waals surface area contributed by atoms with Crippen molar-refractivity contribution in [3.05, 3.63) is 65.9 Å². The lowest BCUT2D eigenvalue weighted by atomic mass is 10.1. The Morgan fingerprint density at radius 1 is 1.10 bits per heavy atom. The number of nitrogens with zero attached hydrogens (tertiary/aromatic N) is 1. The van der Waals surface area contributed by atoms with Crippen molar-refractivity contribution in [2.75, 3.05) is 5.32 Å². The number of para-hydroxylation sites is 1. The Hall–Kier alpha value is -2.55. The number of anilines is 1. The highest BCUT2D eigenvalue weighted by Crippen LogP contribution is 2.22. The zero-order valence-electron chi connectivity index (χ0n) is 11.6. The lowest BCUT2D eigenvalue weighted by Gasteiger charge is -2.03. The number of hydrogen-bond donors (Lipinski definition) is 1. The Kier molecular flexibility index (Phi) is 3.03. The summed E-state index contributed by atoms with van der Waals surface area (Å²) in [6, 6.07) is 15.6. The van der Waals surface area contributed by atoms with Gasteiger partial charge in [-0.15, -0.1) is 0 Å². The largest absolute Gasteiger partial charge is 0.350 e. The summed E-state index contributed by atoms with van der Waals surface area (Å²) in [5.41, 5.74) is 3.77. The molecule has 0 radical (unpaired) electrons. The number of carbonyl (C=O) groups excluding carboxylic acids is 1. The summed E-state index contributed by atoms with van der Waals surface area (Å²) in [5, 5.41) is 3.90. The third-order valence-corrected chi connectivity index (χ3v) is 3.42. The van der Waals surface area contributed by atoms with Crippen molar-refractivity contribution in [2.24, 2.45) is 7.05 Å². The van der Waals surface area contributed by atoms with Crippen molar-refractivity contribution < 1.29 is 4.79 Å². The van der Waals surface area contributed by atoms with E-state index in [1.165, 1.54) is 5.56 Å². The predicted octanol–water partition coefficient (Wildman–Crippen LogP) is 3.74. The molecule has 0 aliphatic rings. The van der Waals surface area contributed by atoms with Gasteiger partial charge in [0.05, 0.1) is 5.56 Å². The maximum atomic E-state index is 12.4. The van der Waals surface area contributed by atoms with Crippen molar-refractivity contribution in [2.45, 2.75) is 6.92 Å². The van der Waals surface area contributed by atoms with Gasteiger partial charge in [-0.1, -0.05) is 30.3 Å². The highest BCUT2D eigenvalue weighted by atomic mass is 16.1. The number of carbonyl (C=O) groups is 1. The average Bonchev–Trinajstić information content (AvgIpc) is 2.77. The molecule has 0 saturated carbocycles. The van der Waals surface area contributed by atoms with Crippen LogP contribution in [0.4, 0.5) is 5.69 Å². The fourth-order valence-electron chi connectivity index (χ4n) is 2.39. The average molecular weight is 264 g/mol. The normalized spacial score (nSPS) is 10.7.